The highest BCUT2D eigenvalue weighted by atomic mass is 32.1. The number of thiazole rings is 1. The molecule has 2 aromatic rings. The van der Waals surface area contributed by atoms with Crippen molar-refractivity contribution in [2.24, 2.45) is 5.73 Å². The Kier molecular flexibility index (Phi) is 6.19. The molecule has 2 heterocycles. The molecule has 8 heteroatoms. The SMILES string of the molecule is NCCc1nc(C(=O)N2CCC(NC(=O)Nc3ccccc3)CC2)cs1. The maximum absolute atomic E-state index is 12.5. The minimum atomic E-state index is -0.216. The number of piperidine rings is 1. The minimum absolute atomic E-state index is 0.0447. The number of aromatic nitrogens is 1. The van der Waals surface area contributed by atoms with E-state index < -0.39 is 0 Å². The normalized spacial score (nSPS) is 14.9. The van der Waals surface area contributed by atoms with E-state index in [0.29, 0.717) is 31.7 Å². The topological polar surface area (TPSA) is 100 Å². The average Bonchev–Trinajstić information content (AvgIpc) is 3.11. The smallest absolute Gasteiger partial charge is 0.319 e. The molecule has 4 N–H and O–H groups in total. The molecule has 0 aliphatic carbocycles. The number of amides is 3. The molecule has 26 heavy (non-hydrogen) atoms. The number of para-hydroxylation sites is 1. The third kappa shape index (κ3) is 4.80. The van der Waals surface area contributed by atoms with E-state index in [9.17, 15) is 9.59 Å². The van der Waals surface area contributed by atoms with E-state index in [4.69, 9.17) is 5.73 Å². The fourth-order valence-corrected chi connectivity index (χ4v) is 3.70. The van der Waals surface area contributed by atoms with Crippen LogP contribution < -0.4 is 16.4 Å². The molecule has 0 atom stereocenters. The number of likely N-dealkylation sites (tertiary alicyclic amines) is 1. The highest BCUT2D eigenvalue weighted by Gasteiger charge is 2.25. The molecule has 1 fully saturated rings. The van der Waals surface area contributed by atoms with Crippen molar-refractivity contribution in [2.45, 2.75) is 25.3 Å². The number of rotatable bonds is 5. The first-order valence-corrected chi connectivity index (χ1v) is 9.60. The van der Waals surface area contributed by atoms with Crippen molar-refractivity contribution in [1.82, 2.24) is 15.2 Å². The van der Waals surface area contributed by atoms with Crippen molar-refractivity contribution in [3.8, 4) is 0 Å². The van der Waals surface area contributed by atoms with Gasteiger partial charge in [-0.25, -0.2) is 9.78 Å². The van der Waals surface area contributed by atoms with Crippen molar-refractivity contribution in [1.29, 1.82) is 0 Å². The molecule has 138 valence electrons. The van der Waals surface area contributed by atoms with E-state index in [0.717, 1.165) is 23.5 Å². The second-order valence-corrected chi connectivity index (χ2v) is 7.14. The van der Waals surface area contributed by atoms with Gasteiger partial charge in [-0.2, -0.15) is 0 Å². The van der Waals surface area contributed by atoms with Crippen LogP contribution in [-0.2, 0) is 6.42 Å². The van der Waals surface area contributed by atoms with Gasteiger partial charge in [0.25, 0.3) is 5.91 Å². The highest BCUT2D eigenvalue weighted by molar-refractivity contribution is 7.09. The van der Waals surface area contributed by atoms with Crippen LogP contribution in [0, 0.1) is 0 Å². The van der Waals surface area contributed by atoms with Gasteiger partial charge in [0.1, 0.15) is 5.69 Å². The van der Waals surface area contributed by atoms with Gasteiger partial charge in [0.05, 0.1) is 5.01 Å². The first kappa shape index (κ1) is 18.3. The second-order valence-electron chi connectivity index (χ2n) is 6.20. The summed E-state index contributed by atoms with van der Waals surface area (Å²) < 4.78 is 0. The minimum Gasteiger partial charge on any atom is -0.337 e. The maximum atomic E-state index is 12.5. The Morgan fingerprint density at radius 1 is 1.23 bits per heavy atom. The first-order chi connectivity index (χ1) is 12.7. The second kappa shape index (κ2) is 8.77. The van der Waals surface area contributed by atoms with Crippen LogP contribution in [-0.4, -0.2) is 47.5 Å². The van der Waals surface area contributed by atoms with Crippen LogP contribution in [0.4, 0.5) is 10.5 Å². The zero-order valence-electron chi connectivity index (χ0n) is 14.5. The van der Waals surface area contributed by atoms with Crippen molar-refractivity contribution in [3.63, 3.8) is 0 Å². The quantitative estimate of drug-likeness (QED) is 0.747. The van der Waals surface area contributed by atoms with Crippen LogP contribution in [0.1, 0.15) is 28.3 Å². The zero-order chi connectivity index (χ0) is 18.4. The predicted molar refractivity (Wildman–Crippen MR) is 102 cm³/mol. The summed E-state index contributed by atoms with van der Waals surface area (Å²) in [5, 5.41) is 8.48. The number of anilines is 1. The Morgan fingerprint density at radius 3 is 2.65 bits per heavy atom. The summed E-state index contributed by atoms with van der Waals surface area (Å²) in [5.41, 5.74) is 6.78. The van der Waals surface area contributed by atoms with E-state index in [1.165, 1.54) is 11.3 Å². The molecule has 1 aliphatic heterocycles. The van der Waals surface area contributed by atoms with E-state index in [1.807, 2.05) is 30.3 Å². The van der Waals surface area contributed by atoms with Crippen molar-refractivity contribution in [3.05, 3.63) is 46.4 Å². The number of nitrogens with one attached hydrogen (secondary N) is 2. The van der Waals surface area contributed by atoms with Gasteiger partial charge in [0.2, 0.25) is 0 Å². The van der Waals surface area contributed by atoms with Crippen LogP contribution in [0.3, 0.4) is 0 Å². The predicted octanol–water partition coefficient (Wildman–Crippen LogP) is 2.07. The number of hydrogen-bond acceptors (Lipinski definition) is 5. The molecule has 0 spiro atoms. The number of nitrogens with zero attached hydrogens (tertiary/aromatic N) is 2. The van der Waals surface area contributed by atoms with Gasteiger partial charge in [-0.15, -0.1) is 11.3 Å². The lowest BCUT2D eigenvalue weighted by Crippen LogP contribution is -2.47. The van der Waals surface area contributed by atoms with Crippen molar-refractivity contribution < 1.29 is 9.59 Å². The third-order valence-corrected chi connectivity index (χ3v) is 5.19. The standard InChI is InChI=1S/C18H23N5O2S/c19-9-6-16-22-15(12-26-16)17(24)23-10-7-14(8-11-23)21-18(25)20-13-4-2-1-3-5-13/h1-5,12,14H,6-11,19H2,(H2,20,21,25). The number of urea groups is 1. The van der Waals surface area contributed by atoms with E-state index in [2.05, 4.69) is 15.6 Å². The van der Waals surface area contributed by atoms with Gasteiger partial charge >= 0.3 is 6.03 Å². The van der Waals surface area contributed by atoms with Crippen LogP contribution in [0.25, 0.3) is 0 Å². The lowest BCUT2D eigenvalue weighted by Gasteiger charge is -2.32. The molecular weight excluding hydrogens is 350 g/mol. The Balaban J connectivity index is 1.46. The summed E-state index contributed by atoms with van der Waals surface area (Å²) in [7, 11) is 0. The number of hydrogen-bond donors (Lipinski definition) is 3. The molecule has 3 amide bonds. The summed E-state index contributed by atoms with van der Waals surface area (Å²) in [4.78, 5) is 30.7. The number of carbonyl (C=O) groups excluding carboxylic acids is 2. The molecule has 1 aliphatic rings. The van der Waals surface area contributed by atoms with E-state index in [-0.39, 0.29) is 18.0 Å². The summed E-state index contributed by atoms with van der Waals surface area (Å²) in [6.45, 7) is 1.75. The zero-order valence-corrected chi connectivity index (χ0v) is 15.3. The highest BCUT2D eigenvalue weighted by Crippen LogP contribution is 2.17. The fourth-order valence-electron chi connectivity index (χ4n) is 2.91. The Labute approximate surface area is 156 Å². The number of carbonyl (C=O) groups is 2. The molecule has 1 saturated heterocycles. The summed E-state index contributed by atoms with van der Waals surface area (Å²) >= 11 is 1.47. The van der Waals surface area contributed by atoms with Gasteiger partial charge in [-0.1, -0.05) is 18.2 Å². The van der Waals surface area contributed by atoms with Crippen LogP contribution in [0.5, 0.6) is 0 Å². The van der Waals surface area contributed by atoms with Gasteiger partial charge in [-0.3, -0.25) is 4.79 Å². The van der Waals surface area contributed by atoms with Crippen LogP contribution in [0.2, 0.25) is 0 Å². The Bertz CT molecular complexity index is 741. The summed E-state index contributed by atoms with van der Waals surface area (Å²) in [6, 6.07) is 9.17. The Morgan fingerprint density at radius 2 is 1.96 bits per heavy atom. The number of nitrogens with two attached hydrogens (primary N) is 1. The largest absolute Gasteiger partial charge is 0.337 e. The average molecular weight is 373 g/mol. The molecule has 0 unspecified atom stereocenters. The van der Waals surface area contributed by atoms with E-state index >= 15 is 0 Å². The van der Waals surface area contributed by atoms with Crippen LogP contribution in [0.15, 0.2) is 35.7 Å². The summed E-state index contributed by atoms with van der Waals surface area (Å²) in [5.74, 6) is -0.0447. The maximum Gasteiger partial charge on any atom is 0.319 e. The molecular formula is C18H23N5O2S. The van der Waals surface area contributed by atoms with Crippen molar-refractivity contribution >= 4 is 29.0 Å². The number of benzene rings is 1. The van der Waals surface area contributed by atoms with E-state index in [1.54, 1.807) is 10.3 Å². The van der Waals surface area contributed by atoms with Gasteiger partial charge < -0.3 is 21.3 Å². The first-order valence-electron chi connectivity index (χ1n) is 8.72. The molecule has 1 aromatic carbocycles. The van der Waals surface area contributed by atoms with Gasteiger partial charge in [0.15, 0.2) is 0 Å². The third-order valence-electron chi connectivity index (χ3n) is 4.28. The summed E-state index contributed by atoms with van der Waals surface area (Å²) in [6.07, 6.45) is 2.15. The van der Waals surface area contributed by atoms with Crippen LogP contribution >= 0.6 is 11.3 Å². The van der Waals surface area contributed by atoms with Crippen molar-refractivity contribution in [2.75, 3.05) is 25.0 Å². The lowest BCUT2D eigenvalue weighted by molar-refractivity contribution is 0.0703. The lowest BCUT2D eigenvalue weighted by atomic mass is 10.0. The Hall–Kier alpha value is -2.45. The molecule has 0 saturated carbocycles. The molecule has 0 radical (unpaired) electrons. The molecule has 3 rings (SSSR count). The van der Waals surface area contributed by atoms with Gasteiger partial charge in [-0.05, 0) is 31.5 Å². The molecule has 7 nitrogen and oxygen atoms in total. The molecule has 0 bridgehead atoms. The van der Waals surface area contributed by atoms with Gasteiger partial charge in [0, 0.05) is 36.6 Å². The molecule has 1 aromatic heterocycles. The fraction of sp³-hybridized carbons (Fsp3) is 0.389. The monoisotopic (exact) mass is 373 g/mol.